The van der Waals surface area contributed by atoms with Crippen molar-refractivity contribution in [1.82, 2.24) is 4.98 Å². The fourth-order valence-corrected chi connectivity index (χ4v) is 8.19. The first kappa shape index (κ1) is 23.8. The van der Waals surface area contributed by atoms with Gasteiger partial charge in [0.25, 0.3) is 5.91 Å². The molecule has 2 saturated heterocycles. The molecule has 3 heterocycles. The summed E-state index contributed by atoms with van der Waals surface area (Å²) in [5.41, 5.74) is 1.57. The van der Waals surface area contributed by atoms with Crippen LogP contribution in [0.5, 0.6) is 0 Å². The summed E-state index contributed by atoms with van der Waals surface area (Å²) in [6.07, 6.45) is 10.8. The van der Waals surface area contributed by atoms with Gasteiger partial charge in [0.2, 0.25) is 0 Å². The lowest BCUT2D eigenvalue weighted by Crippen LogP contribution is -2.44. The van der Waals surface area contributed by atoms with E-state index in [1.54, 1.807) is 24.3 Å². The van der Waals surface area contributed by atoms with E-state index in [1.165, 1.54) is 25.7 Å². The second-order valence-corrected chi connectivity index (χ2v) is 13.4. The van der Waals surface area contributed by atoms with Crippen molar-refractivity contribution in [3.63, 3.8) is 0 Å². The number of aromatic nitrogens is 1. The Bertz CT molecular complexity index is 1240. The van der Waals surface area contributed by atoms with E-state index in [4.69, 9.17) is 4.98 Å². The zero-order valence-electron chi connectivity index (χ0n) is 20.9. The molecule has 4 fully saturated rings. The lowest BCUT2D eigenvalue weighted by Gasteiger charge is -2.48. The van der Waals surface area contributed by atoms with Gasteiger partial charge in [-0.2, -0.15) is 0 Å². The number of nitrogens with zero attached hydrogens (tertiary/aromatic N) is 3. The number of anilines is 3. The predicted molar refractivity (Wildman–Crippen MR) is 143 cm³/mol. The van der Waals surface area contributed by atoms with Gasteiger partial charge in [-0.05, 0) is 80.7 Å². The zero-order chi connectivity index (χ0) is 24.8. The molecule has 6 rings (SSSR count). The summed E-state index contributed by atoms with van der Waals surface area (Å²) in [5.74, 6) is 1.44. The lowest BCUT2D eigenvalue weighted by molar-refractivity contribution is 0.0950. The minimum absolute atomic E-state index is 0.244. The molecular formula is C28H36N4O3S. The Balaban J connectivity index is 1.25. The van der Waals surface area contributed by atoms with E-state index in [0.29, 0.717) is 34.4 Å². The van der Waals surface area contributed by atoms with E-state index in [0.717, 1.165) is 63.5 Å². The van der Waals surface area contributed by atoms with Crippen molar-refractivity contribution in [1.29, 1.82) is 0 Å². The van der Waals surface area contributed by atoms with Crippen molar-refractivity contribution in [3.05, 3.63) is 42.0 Å². The van der Waals surface area contributed by atoms with Crippen LogP contribution >= 0.6 is 0 Å². The average molecular weight is 509 g/mol. The Morgan fingerprint density at radius 3 is 2.28 bits per heavy atom. The van der Waals surface area contributed by atoms with Crippen molar-refractivity contribution in [2.45, 2.75) is 74.4 Å². The molecule has 1 N–H and O–H groups in total. The standard InChI is InChI=1S/C28H36N4O3S/c33-27(29-21-6-3-9-23(20-21)36(34,35)22-7-1-2-8-22)24-10-11-25(31-16-5-17-31)30-26(24)32-18-14-28(15-19-32)12-4-13-28/h3,6,9-11,20,22H,1-2,4-5,7-8,12-19H2,(H,29,33). The van der Waals surface area contributed by atoms with E-state index in [2.05, 4.69) is 15.1 Å². The topological polar surface area (TPSA) is 82.6 Å². The van der Waals surface area contributed by atoms with Crippen molar-refractivity contribution >= 4 is 33.1 Å². The molecular weight excluding hydrogens is 472 g/mol. The summed E-state index contributed by atoms with van der Waals surface area (Å²) in [7, 11) is -3.38. The van der Waals surface area contributed by atoms with Crippen LogP contribution in [0.25, 0.3) is 0 Å². The monoisotopic (exact) mass is 508 g/mol. The van der Waals surface area contributed by atoms with Crippen LogP contribution in [0.3, 0.4) is 0 Å². The first-order chi connectivity index (χ1) is 17.4. The fraction of sp³-hybridized carbons (Fsp3) is 0.571. The number of sulfone groups is 1. The Morgan fingerprint density at radius 2 is 1.64 bits per heavy atom. The maximum absolute atomic E-state index is 13.5. The molecule has 2 aliphatic carbocycles. The van der Waals surface area contributed by atoms with Gasteiger partial charge in [-0.15, -0.1) is 0 Å². The van der Waals surface area contributed by atoms with Crippen LogP contribution in [-0.2, 0) is 9.84 Å². The van der Waals surface area contributed by atoms with E-state index in [1.807, 2.05) is 12.1 Å². The normalized spacial score (nSPS) is 21.8. The molecule has 7 nitrogen and oxygen atoms in total. The van der Waals surface area contributed by atoms with Gasteiger partial charge in [-0.3, -0.25) is 4.79 Å². The maximum atomic E-state index is 13.5. The lowest BCUT2D eigenvalue weighted by atomic mass is 9.63. The molecule has 1 spiro atoms. The van der Waals surface area contributed by atoms with Crippen LogP contribution in [0.1, 0.15) is 74.6 Å². The molecule has 0 unspecified atom stereocenters. The minimum atomic E-state index is -3.38. The summed E-state index contributed by atoms with van der Waals surface area (Å²) in [4.78, 5) is 23.3. The Kier molecular flexibility index (Phi) is 6.18. The smallest absolute Gasteiger partial charge is 0.259 e. The molecule has 8 heteroatoms. The summed E-state index contributed by atoms with van der Waals surface area (Å²) in [6.45, 7) is 3.85. The number of amides is 1. The van der Waals surface area contributed by atoms with Gasteiger partial charge >= 0.3 is 0 Å². The SMILES string of the molecule is O=C(Nc1cccc(S(=O)(=O)C2CCCC2)c1)c1ccc(N2CCC2)nc1N1CCC2(CCC2)CC1. The number of carbonyl (C=O) groups is 1. The molecule has 1 amide bonds. The second kappa shape index (κ2) is 9.36. The molecule has 4 aliphatic rings. The van der Waals surface area contributed by atoms with Gasteiger partial charge in [-0.1, -0.05) is 25.3 Å². The van der Waals surface area contributed by atoms with Crippen molar-refractivity contribution < 1.29 is 13.2 Å². The first-order valence-corrected chi connectivity index (χ1v) is 15.1. The summed E-state index contributed by atoms with van der Waals surface area (Å²) in [6, 6.07) is 10.5. The highest BCUT2D eigenvalue weighted by atomic mass is 32.2. The van der Waals surface area contributed by atoms with Crippen LogP contribution < -0.4 is 15.1 Å². The Morgan fingerprint density at radius 1 is 0.889 bits per heavy atom. The third-order valence-electron chi connectivity index (χ3n) is 8.98. The molecule has 0 bridgehead atoms. The first-order valence-electron chi connectivity index (χ1n) is 13.6. The van der Waals surface area contributed by atoms with E-state index < -0.39 is 9.84 Å². The number of hydrogen-bond acceptors (Lipinski definition) is 6. The number of carbonyl (C=O) groups excluding carboxylic acids is 1. The molecule has 0 radical (unpaired) electrons. The van der Waals surface area contributed by atoms with E-state index in [9.17, 15) is 13.2 Å². The summed E-state index contributed by atoms with van der Waals surface area (Å²) in [5, 5.41) is 2.66. The van der Waals surface area contributed by atoms with Crippen LogP contribution in [0.4, 0.5) is 17.3 Å². The van der Waals surface area contributed by atoms with E-state index in [-0.39, 0.29) is 11.2 Å². The number of rotatable bonds is 6. The fourth-order valence-electron chi connectivity index (χ4n) is 6.29. The van der Waals surface area contributed by atoms with E-state index >= 15 is 0 Å². The largest absolute Gasteiger partial charge is 0.356 e. The third kappa shape index (κ3) is 4.38. The van der Waals surface area contributed by atoms with Crippen LogP contribution in [0.15, 0.2) is 41.3 Å². The maximum Gasteiger partial charge on any atom is 0.259 e. The van der Waals surface area contributed by atoms with Crippen molar-refractivity contribution in [3.8, 4) is 0 Å². The number of benzene rings is 1. The second-order valence-electron chi connectivity index (χ2n) is 11.2. The highest BCUT2D eigenvalue weighted by Gasteiger charge is 2.40. The third-order valence-corrected chi connectivity index (χ3v) is 11.2. The Hall–Kier alpha value is -2.61. The number of pyridine rings is 1. The van der Waals surface area contributed by atoms with Crippen molar-refractivity contribution in [2.75, 3.05) is 41.3 Å². The summed E-state index contributed by atoms with van der Waals surface area (Å²) >= 11 is 0. The number of hydrogen-bond donors (Lipinski definition) is 1. The molecule has 0 atom stereocenters. The highest BCUT2D eigenvalue weighted by molar-refractivity contribution is 7.92. The molecule has 1 aromatic carbocycles. The van der Waals surface area contributed by atoms with Gasteiger partial charge in [0.1, 0.15) is 11.6 Å². The average Bonchev–Trinajstić information content (AvgIpc) is 3.38. The summed E-state index contributed by atoms with van der Waals surface area (Å²) < 4.78 is 26.2. The molecule has 2 saturated carbocycles. The Labute approximate surface area is 214 Å². The number of nitrogens with one attached hydrogen (secondary N) is 1. The minimum Gasteiger partial charge on any atom is -0.356 e. The molecule has 2 aromatic rings. The molecule has 2 aliphatic heterocycles. The van der Waals surface area contributed by atoms with Crippen LogP contribution in [0.2, 0.25) is 0 Å². The van der Waals surface area contributed by atoms with Gasteiger partial charge in [-0.25, -0.2) is 13.4 Å². The highest BCUT2D eigenvalue weighted by Crippen LogP contribution is 2.49. The predicted octanol–water partition coefficient (Wildman–Crippen LogP) is 5.03. The van der Waals surface area contributed by atoms with Gasteiger partial charge in [0.15, 0.2) is 9.84 Å². The molecule has 192 valence electrons. The zero-order valence-corrected chi connectivity index (χ0v) is 21.7. The van der Waals surface area contributed by atoms with Crippen LogP contribution in [-0.4, -0.2) is 50.7 Å². The van der Waals surface area contributed by atoms with Gasteiger partial charge < -0.3 is 15.1 Å². The number of piperidine rings is 1. The van der Waals surface area contributed by atoms with Gasteiger partial charge in [0, 0.05) is 31.9 Å². The van der Waals surface area contributed by atoms with Gasteiger partial charge in [0.05, 0.1) is 15.7 Å². The molecule has 36 heavy (non-hydrogen) atoms. The molecule has 1 aromatic heterocycles. The van der Waals surface area contributed by atoms with Crippen LogP contribution in [0, 0.1) is 5.41 Å². The quantitative estimate of drug-likeness (QED) is 0.589. The van der Waals surface area contributed by atoms with Crippen molar-refractivity contribution in [2.24, 2.45) is 5.41 Å².